The van der Waals surface area contributed by atoms with E-state index in [-0.39, 0.29) is 12.1 Å². The molecule has 0 aromatic carbocycles. The molecule has 3 rings (SSSR count). The van der Waals surface area contributed by atoms with Gasteiger partial charge in [0.25, 0.3) is 10.2 Å². The molecule has 0 amide bonds. The molecule has 0 bridgehead atoms. The third-order valence-electron chi connectivity index (χ3n) is 5.20. The lowest BCUT2D eigenvalue weighted by Crippen LogP contribution is -2.47. The van der Waals surface area contributed by atoms with Gasteiger partial charge in [0.15, 0.2) is 0 Å². The van der Waals surface area contributed by atoms with Crippen LogP contribution in [-0.4, -0.2) is 59.2 Å². The first-order chi connectivity index (χ1) is 11.4. The molecule has 1 atom stereocenters. The molecule has 1 aliphatic carbocycles. The molecule has 2 aliphatic rings. The molecule has 24 heavy (non-hydrogen) atoms. The van der Waals surface area contributed by atoms with E-state index in [1.165, 1.54) is 0 Å². The lowest BCUT2D eigenvalue weighted by molar-refractivity contribution is 0.145. The minimum atomic E-state index is -3.48. The second-order valence-corrected chi connectivity index (χ2v) is 8.75. The molecule has 1 aliphatic heterocycles. The van der Waals surface area contributed by atoms with Crippen molar-refractivity contribution in [2.24, 2.45) is 7.05 Å². The number of hydrogen-bond donors (Lipinski definition) is 0. The number of hydrogen-bond acceptors (Lipinski definition) is 4. The topological polar surface area (TPSA) is 67.7 Å². The molecule has 1 unspecified atom stereocenters. The smallest absolute Gasteiger partial charge is 0.282 e. The Hall–Kier alpha value is -0.960. The Morgan fingerprint density at radius 1 is 1.29 bits per heavy atom. The molecule has 0 N–H and O–H groups in total. The van der Waals surface area contributed by atoms with Gasteiger partial charge in [0.1, 0.15) is 0 Å². The first kappa shape index (κ1) is 17.8. The Balaban J connectivity index is 1.87. The molecular weight excluding hydrogens is 328 g/mol. The predicted molar refractivity (Wildman–Crippen MR) is 91.8 cm³/mol. The van der Waals surface area contributed by atoms with E-state index in [1.807, 2.05) is 25.6 Å². The summed E-state index contributed by atoms with van der Waals surface area (Å²) in [6.07, 6.45) is 3.66. The van der Waals surface area contributed by atoms with Crippen LogP contribution in [0.5, 0.6) is 0 Å². The fourth-order valence-corrected chi connectivity index (χ4v) is 5.62. The van der Waals surface area contributed by atoms with Gasteiger partial charge in [0.2, 0.25) is 0 Å². The summed E-state index contributed by atoms with van der Waals surface area (Å²) in [5, 5.41) is 4.43. The van der Waals surface area contributed by atoms with Crippen LogP contribution in [0, 0.1) is 13.8 Å². The zero-order chi connectivity index (χ0) is 17.5. The average Bonchev–Trinajstić information content (AvgIpc) is 3.18. The van der Waals surface area contributed by atoms with Gasteiger partial charge >= 0.3 is 0 Å². The number of aryl methyl sites for hydroxylation is 2. The summed E-state index contributed by atoms with van der Waals surface area (Å²) >= 11 is 0. The van der Waals surface area contributed by atoms with Gasteiger partial charge in [0, 0.05) is 50.6 Å². The standard InChI is InChI=1S/C16H28N4O3S/c1-12-16(13(2)18(3)17-12)10-20(14-7-8-14)24(21,22)19-9-5-6-15(19)11-23-4/h14-15H,5-11H2,1-4H3. The lowest BCUT2D eigenvalue weighted by Gasteiger charge is -2.31. The van der Waals surface area contributed by atoms with Gasteiger partial charge in [-0.3, -0.25) is 4.68 Å². The van der Waals surface area contributed by atoms with Gasteiger partial charge in [-0.05, 0) is 39.5 Å². The highest BCUT2D eigenvalue weighted by atomic mass is 32.2. The molecule has 7 nitrogen and oxygen atoms in total. The second-order valence-electron chi connectivity index (χ2n) is 6.92. The highest BCUT2D eigenvalue weighted by Gasteiger charge is 2.44. The minimum absolute atomic E-state index is 0.0441. The number of aromatic nitrogens is 2. The Morgan fingerprint density at radius 2 is 2.00 bits per heavy atom. The van der Waals surface area contributed by atoms with Crippen LogP contribution in [0.1, 0.15) is 42.6 Å². The van der Waals surface area contributed by atoms with Crippen molar-refractivity contribution in [1.82, 2.24) is 18.4 Å². The fourth-order valence-electron chi connectivity index (χ4n) is 3.57. The molecule has 1 saturated heterocycles. The van der Waals surface area contributed by atoms with Crippen LogP contribution in [-0.2, 0) is 28.5 Å². The van der Waals surface area contributed by atoms with E-state index < -0.39 is 10.2 Å². The molecule has 1 aromatic heterocycles. The van der Waals surface area contributed by atoms with Crippen LogP contribution in [0.25, 0.3) is 0 Å². The van der Waals surface area contributed by atoms with E-state index in [4.69, 9.17) is 4.74 Å². The molecule has 0 radical (unpaired) electrons. The van der Waals surface area contributed by atoms with E-state index in [2.05, 4.69) is 5.10 Å². The van der Waals surface area contributed by atoms with Crippen molar-refractivity contribution in [3.63, 3.8) is 0 Å². The molecule has 1 saturated carbocycles. The average molecular weight is 356 g/mol. The molecule has 8 heteroatoms. The van der Waals surface area contributed by atoms with E-state index in [9.17, 15) is 8.42 Å². The molecule has 2 heterocycles. The fraction of sp³-hybridized carbons (Fsp3) is 0.812. The van der Waals surface area contributed by atoms with Crippen molar-refractivity contribution < 1.29 is 13.2 Å². The first-order valence-corrected chi connectivity index (χ1v) is 10.0. The van der Waals surface area contributed by atoms with Crippen LogP contribution in [0.15, 0.2) is 0 Å². The summed E-state index contributed by atoms with van der Waals surface area (Å²) in [4.78, 5) is 0. The quantitative estimate of drug-likeness (QED) is 0.740. The Kier molecular flexibility index (Phi) is 5.01. The van der Waals surface area contributed by atoms with Crippen molar-refractivity contribution in [3.05, 3.63) is 17.0 Å². The minimum Gasteiger partial charge on any atom is -0.383 e. The van der Waals surface area contributed by atoms with Crippen LogP contribution >= 0.6 is 0 Å². The lowest BCUT2D eigenvalue weighted by atomic mass is 10.2. The molecule has 136 valence electrons. The molecule has 0 spiro atoms. The maximum atomic E-state index is 13.3. The molecule has 1 aromatic rings. The van der Waals surface area contributed by atoms with E-state index in [1.54, 1.807) is 15.7 Å². The Morgan fingerprint density at radius 3 is 2.54 bits per heavy atom. The van der Waals surface area contributed by atoms with Crippen molar-refractivity contribution in [2.45, 2.75) is 58.2 Å². The monoisotopic (exact) mass is 356 g/mol. The highest BCUT2D eigenvalue weighted by Crippen LogP contribution is 2.35. The normalized spacial score (nSPS) is 22.6. The second kappa shape index (κ2) is 6.74. The largest absolute Gasteiger partial charge is 0.383 e. The zero-order valence-electron chi connectivity index (χ0n) is 15.0. The van der Waals surface area contributed by atoms with Crippen molar-refractivity contribution in [3.8, 4) is 0 Å². The SMILES string of the molecule is COCC1CCCN1S(=O)(=O)N(Cc1c(C)nn(C)c1C)C1CC1. The number of ether oxygens (including phenoxy) is 1. The zero-order valence-corrected chi connectivity index (χ0v) is 15.8. The Labute approximate surface area is 144 Å². The maximum Gasteiger partial charge on any atom is 0.282 e. The van der Waals surface area contributed by atoms with Crippen molar-refractivity contribution in [2.75, 3.05) is 20.3 Å². The summed E-state index contributed by atoms with van der Waals surface area (Å²) in [5.74, 6) is 0. The van der Waals surface area contributed by atoms with Crippen LogP contribution in [0.3, 0.4) is 0 Å². The number of nitrogens with zero attached hydrogens (tertiary/aromatic N) is 4. The number of rotatable bonds is 7. The third-order valence-corrected chi connectivity index (χ3v) is 7.30. The van der Waals surface area contributed by atoms with Crippen LogP contribution < -0.4 is 0 Å². The van der Waals surface area contributed by atoms with E-state index in [0.717, 1.165) is 42.6 Å². The molecular formula is C16H28N4O3S. The highest BCUT2D eigenvalue weighted by molar-refractivity contribution is 7.86. The summed E-state index contributed by atoms with van der Waals surface area (Å²) in [7, 11) is 0.0471. The van der Waals surface area contributed by atoms with Gasteiger partial charge < -0.3 is 4.74 Å². The van der Waals surface area contributed by atoms with Crippen molar-refractivity contribution >= 4 is 10.2 Å². The molecule has 2 fully saturated rings. The van der Waals surface area contributed by atoms with Gasteiger partial charge in [-0.25, -0.2) is 0 Å². The summed E-state index contributed by atoms with van der Waals surface area (Å²) in [5.41, 5.74) is 2.96. The van der Waals surface area contributed by atoms with Gasteiger partial charge in [-0.15, -0.1) is 0 Å². The van der Waals surface area contributed by atoms with Crippen LogP contribution in [0.4, 0.5) is 0 Å². The van der Waals surface area contributed by atoms with Gasteiger partial charge in [0.05, 0.1) is 12.3 Å². The summed E-state index contributed by atoms with van der Waals surface area (Å²) in [6, 6.07) is 0.0788. The number of methoxy groups -OCH3 is 1. The van der Waals surface area contributed by atoms with E-state index in [0.29, 0.717) is 19.7 Å². The Bertz CT molecular complexity index is 696. The summed E-state index contributed by atoms with van der Waals surface area (Å²) < 4.78 is 37.0. The van der Waals surface area contributed by atoms with E-state index >= 15 is 0 Å². The van der Waals surface area contributed by atoms with Gasteiger partial charge in [-0.2, -0.15) is 22.1 Å². The maximum absolute atomic E-state index is 13.3. The van der Waals surface area contributed by atoms with Gasteiger partial charge in [-0.1, -0.05) is 0 Å². The van der Waals surface area contributed by atoms with Crippen LogP contribution in [0.2, 0.25) is 0 Å². The third kappa shape index (κ3) is 3.24. The predicted octanol–water partition coefficient (Wildman–Crippen LogP) is 1.36. The first-order valence-electron chi connectivity index (χ1n) is 8.63. The van der Waals surface area contributed by atoms with Crippen molar-refractivity contribution in [1.29, 1.82) is 0 Å². The summed E-state index contributed by atoms with van der Waals surface area (Å²) in [6.45, 7) is 5.40.